The molecule has 100 valence electrons. The van der Waals surface area contributed by atoms with E-state index < -0.39 is 0 Å². The van der Waals surface area contributed by atoms with Crippen molar-refractivity contribution < 1.29 is 9.13 Å². The van der Waals surface area contributed by atoms with Crippen molar-refractivity contribution in [2.24, 2.45) is 0 Å². The molecule has 0 amide bonds. The molecule has 0 atom stereocenters. The Morgan fingerprint density at radius 3 is 2.63 bits per heavy atom. The maximum absolute atomic E-state index is 13.0. The smallest absolute Gasteiger partial charge is 0.123 e. The Hall–Kier alpha value is -1.87. The van der Waals surface area contributed by atoms with Gasteiger partial charge in [0.25, 0.3) is 0 Å². The molecule has 0 aliphatic rings. The third-order valence-electron chi connectivity index (χ3n) is 2.94. The second-order valence-electron chi connectivity index (χ2n) is 4.41. The van der Waals surface area contributed by atoms with Crippen molar-refractivity contribution in [3.05, 3.63) is 65.5 Å². The zero-order valence-electron chi connectivity index (χ0n) is 11.0. The minimum atomic E-state index is -0.176. The quantitative estimate of drug-likeness (QED) is 0.805. The standard InChI is InChI=1S/C16H18FNO/c1-19-16-7-3-5-14(11-16)12-18-9-8-13-4-2-6-15(17)10-13/h2-7,10-11,18H,8-9,12H2,1H3. The summed E-state index contributed by atoms with van der Waals surface area (Å²) in [6.45, 7) is 1.60. The normalized spacial score (nSPS) is 10.4. The molecule has 0 unspecified atom stereocenters. The van der Waals surface area contributed by atoms with Gasteiger partial charge in [0.15, 0.2) is 0 Å². The van der Waals surface area contributed by atoms with Gasteiger partial charge >= 0.3 is 0 Å². The molecular weight excluding hydrogens is 241 g/mol. The highest BCUT2D eigenvalue weighted by atomic mass is 19.1. The Morgan fingerprint density at radius 2 is 1.84 bits per heavy atom. The van der Waals surface area contributed by atoms with Crippen LogP contribution in [0.4, 0.5) is 4.39 Å². The zero-order chi connectivity index (χ0) is 13.5. The summed E-state index contributed by atoms with van der Waals surface area (Å²) in [6.07, 6.45) is 0.821. The first kappa shape index (κ1) is 13.6. The van der Waals surface area contributed by atoms with Crippen molar-refractivity contribution >= 4 is 0 Å². The molecule has 0 radical (unpaired) electrons. The summed E-state index contributed by atoms with van der Waals surface area (Å²) in [5.41, 5.74) is 2.19. The molecule has 0 saturated carbocycles. The SMILES string of the molecule is COc1cccc(CNCCc2cccc(F)c2)c1. The Kier molecular flexibility index (Phi) is 4.93. The summed E-state index contributed by atoms with van der Waals surface area (Å²) < 4.78 is 18.2. The van der Waals surface area contributed by atoms with E-state index in [1.165, 1.54) is 11.6 Å². The molecule has 0 saturated heterocycles. The summed E-state index contributed by atoms with van der Waals surface area (Å²) in [5.74, 6) is 0.690. The molecular formula is C16H18FNO. The number of ether oxygens (including phenoxy) is 1. The van der Waals surface area contributed by atoms with Gasteiger partial charge in [0.05, 0.1) is 7.11 Å². The second-order valence-corrected chi connectivity index (χ2v) is 4.41. The zero-order valence-corrected chi connectivity index (χ0v) is 11.0. The molecule has 0 aliphatic heterocycles. The van der Waals surface area contributed by atoms with Crippen molar-refractivity contribution in [1.29, 1.82) is 0 Å². The Balaban J connectivity index is 1.77. The lowest BCUT2D eigenvalue weighted by Crippen LogP contribution is -2.16. The van der Waals surface area contributed by atoms with Gasteiger partial charge in [0.2, 0.25) is 0 Å². The van der Waals surface area contributed by atoms with E-state index in [1.54, 1.807) is 19.2 Å². The molecule has 3 heteroatoms. The fraction of sp³-hybridized carbons (Fsp3) is 0.250. The molecule has 2 aromatic carbocycles. The molecule has 2 aromatic rings. The van der Waals surface area contributed by atoms with Crippen molar-refractivity contribution in [2.45, 2.75) is 13.0 Å². The van der Waals surface area contributed by atoms with Gasteiger partial charge in [0.1, 0.15) is 11.6 Å². The van der Waals surface area contributed by atoms with Crippen LogP contribution in [-0.4, -0.2) is 13.7 Å². The minimum absolute atomic E-state index is 0.176. The van der Waals surface area contributed by atoms with Crippen LogP contribution in [0.25, 0.3) is 0 Å². The lowest BCUT2D eigenvalue weighted by molar-refractivity contribution is 0.414. The van der Waals surface area contributed by atoms with E-state index in [0.717, 1.165) is 30.8 Å². The molecule has 1 N–H and O–H groups in total. The average Bonchev–Trinajstić information content (AvgIpc) is 2.44. The largest absolute Gasteiger partial charge is 0.497 e. The van der Waals surface area contributed by atoms with Crippen molar-refractivity contribution in [3.63, 3.8) is 0 Å². The lowest BCUT2D eigenvalue weighted by Gasteiger charge is -2.07. The first-order chi connectivity index (χ1) is 9.28. The van der Waals surface area contributed by atoms with Gasteiger partial charge in [-0.05, 0) is 48.4 Å². The Morgan fingerprint density at radius 1 is 1.05 bits per heavy atom. The first-order valence-electron chi connectivity index (χ1n) is 6.36. The highest BCUT2D eigenvalue weighted by Gasteiger charge is 1.97. The van der Waals surface area contributed by atoms with Gasteiger partial charge in [0, 0.05) is 6.54 Å². The number of methoxy groups -OCH3 is 1. The Bertz CT molecular complexity index is 528. The first-order valence-corrected chi connectivity index (χ1v) is 6.36. The maximum atomic E-state index is 13.0. The van der Waals surface area contributed by atoms with Gasteiger partial charge in [-0.2, -0.15) is 0 Å². The van der Waals surface area contributed by atoms with Crippen LogP contribution in [0.2, 0.25) is 0 Å². The van der Waals surface area contributed by atoms with Crippen LogP contribution < -0.4 is 10.1 Å². The van der Waals surface area contributed by atoms with E-state index in [0.29, 0.717) is 0 Å². The van der Waals surface area contributed by atoms with Crippen molar-refractivity contribution in [2.75, 3.05) is 13.7 Å². The molecule has 0 aromatic heterocycles. The number of benzene rings is 2. The van der Waals surface area contributed by atoms with Crippen LogP contribution in [0.1, 0.15) is 11.1 Å². The number of nitrogens with one attached hydrogen (secondary N) is 1. The third kappa shape index (κ3) is 4.38. The Labute approximate surface area is 113 Å². The van der Waals surface area contributed by atoms with E-state index in [-0.39, 0.29) is 5.82 Å². The number of halogens is 1. The monoisotopic (exact) mass is 259 g/mol. The van der Waals surface area contributed by atoms with Crippen LogP contribution in [0.15, 0.2) is 48.5 Å². The number of hydrogen-bond donors (Lipinski definition) is 1. The van der Waals surface area contributed by atoms with Crippen LogP contribution >= 0.6 is 0 Å². The average molecular weight is 259 g/mol. The van der Waals surface area contributed by atoms with E-state index >= 15 is 0 Å². The minimum Gasteiger partial charge on any atom is -0.497 e. The van der Waals surface area contributed by atoms with Gasteiger partial charge in [-0.1, -0.05) is 24.3 Å². The molecule has 0 fully saturated rings. The molecule has 0 spiro atoms. The number of hydrogen-bond acceptors (Lipinski definition) is 2. The summed E-state index contributed by atoms with van der Waals surface area (Å²) in [6, 6.07) is 14.7. The van der Waals surface area contributed by atoms with Crippen LogP contribution in [0.3, 0.4) is 0 Å². The molecule has 19 heavy (non-hydrogen) atoms. The van der Waals surface area contributed by atoms with Gasteiger partial charge in [-0.15, -0.1) is 0 Å². The molecule has 0 bridgehead atoms. The summed E-state index contributed by atoms with van der Waals surface area (Å²) in [4.78, 5) is 0. The topological polar surface area (TPSA) is 21.3 Å². The van der Waals surface area contributed by atoms with Crippen molar-refractivity contribution in [1.82, 2.24) is 5.32 Å². The van der Waals surface area contributed by atoms with Crippen LogP contribution in [-0.2, 0) is 13.0 Å². The molecule has 2 rings (SSSR count). The van der Waals surface area contributed by atoms with E-state index in [9.17, 15) is 4.39 Å². The highest BCUT2D eigenvalue weighted by molar-refractivity contribution is 5.28. The molecule has 0 heterocycles. The fourth-order valence-electron chi connectivity index (χ4n) is 1.94. The highest BCUT2D eigenvalue weighted by Crippen LogP contribution is 2.12. The maximum Gasteiger partial charge on any atom is 0.123 e. The van der Waals surface area contributed by atoms with E-state index in [2.05, 4.69) is 11.4 Å². The van der Waals surface area contributed by atoms with Crippen molar-refractivity contribution in [3.8, 4) is 5.75 Å². The lowest BCUT2D eigenvalue weighted by atomic mass is 10.1. The third-order valence-corrected chi connectivity index (χ3v) is 2.94. The van der Waals surface area contributed by atoms with E-state index in [4.69, 9.17) is 4.74 Å². The van der Waals surface area contributed by atoms with Crippen LogP contribution in [0.5, 0.6) is 5.75 Å². The van der Waals surface area contributed by atoms with Gasteiger partial charge in [-0.25, -0.2) is 4.39 Å². The van der Waals surface area contributed by atoms with Crippen LogP contribution in [0, 0.1) is 5.82 Å². The molecule has 2 nitrogen and oxygen atoms in total. The second kappa shape index (κ2) is 6.90. The summed E-state index contributed by atoms with van der Waals surface area (Å²) in [7, 11) is 1.66. The fourth-order valence-corrected chi connectivity index (χ4v) is 1.94. The predicted octanol–water partition coefficient (Wildman–Crippen LogP) is 3.17. The summed E-state index contributed by atoms with van der Waals surface area (Å²) in [5, 5.41) is 3.34. The molecule has 0 aliphatic carbocycles. The summed E-state index contributed by atoms with van der Waals surface area (Å²) >= 11 is 0. The predicted molar refractivity (Wildman–Crippen MR) is 74.8 cm³/mol. The van der Waals surface area contributed by atoms with Gasteiger partial charge in [-0.3, -0.25) is 0 Å². The van der Waals surface area contributed by atoms with Gasteiger partial charge < -0.3 is 10.1 Å². The number of rotatable bonds is 6. The van der Waals surface area contributed by atoms with E-state index in [1.807, 2.05) is 24.3 Å².